The van der Waals surface area contributed by atoms with Crippen LogP contribution in [0.3, 0.4) is 0 Å². The predicted molar refractivity (Wildman–Crippen MR) is 64.3 cm³/mol. The summed E-state index contributed by atoms with van der Waals surface area (Å²) < 4.78 is 30.1. The number of benzene rings is 1. The Labute approximate surface area is 101 Å². The maximum absolute atomic E-state index is 12.0. The van der Waals surface area contributed by atoms with Gasteiger partial charge in [-0.15, -0.1) is 0 Å². The number of nitrogens with two attached hydrogens (primary N) is 1. The third kappa shape index (κ3) is 2.87. The lowest BCUT2D eigenvalue weighted by Crippen LogP contribution is -2.29. The van der Waals surface area contributed by atoms with Crippen LogP contribution in [0.2, 0.25) is 0 Å². The molecule has 1 aromatic rings. The third-order valence-electron chi connectivity index (χ3n) is 2.33. The fourth-order valence-electron chi connectivity index (χ4n) is 1.29. The first-order chi connectivity index (χ1) is 7.93. The second kappa shape index (κ2) is 5.35. The van der Waals surface area contributed by atoms with Crippen molar-refractivity contribution >= 4 is 15.7 Å². The molecule has 0 saturated heterocycles. The van der Waals surface area contributed by atoms with Crippen molar-refractivity contribution < 1.29 is 18.3 Å². The number of aliphatic hydroxyl groups excluding tert-OH is 1. The number of likely N-dealkylation sites (N-methyl/N-ethyl adjacent to an activating group) is 1. The zero-order chi connectivity index (χ0) is 13.1. The molecule has 0 heterocycles. The van der Waals surface area contributed by atoms with Gasteiger partial charge in [-0.2, -0.15) is 4.31 Å². The van der Waals surface area contributed by atoms with Crippen LogP contribution in [0, 0.1) is 0 Å². The highest BCUT2D eigenvalue weighted by Gasteiger charge is 2.21. The second-order valence-electron chi connectivity index (χ2n) is 3.45. The number of ether oxygens (including phenoxy) is 1. The fraction of sp³-hybridized carbons (Fsp3) is 0.400. The van der Waals surface area contributed by atoms with E-state index in [1.165, 1.54) is 32.4 Å². The van der Waals surface area contributed by atoms with Gasteiger partial charge >= 0.3 is 0 Å². The summed E-state index contributed by atoms with van der Waals surface area (Å²) in [6, 6.07) is 4.23. The lowest BCUT2D eigenvalue weighted by Gasteiger charge is -2.16. The molecule has 0 atom stereocenters. The van der Waals surface area contributed by atoms with Gasteiger partial charge in [0.2, 0.25) is 10.0 Å². The van der Waals surface area contributed by atoms with E-state index in [4.69, 9.17) is 15.6 Å². The molecule has 0 aliphatic carbocycles. The van der Waals surface area contributed by atoms with Crippen molar-refractivity contribution in [2.45, 2.75) is 4.90 Å². The van der Waals surface area contributed by atoms with E-state index < -0.39 is 10.0 Å². The molecule has 0 fully saturated rings. The van der Waals surface area contributed by atoms with E-state index in [0.29, 0.717) is 11.4 Å². The highest BCUT2D eigenvalue weighted by Crippen LogP contribution is 2.26. The second-order valence-corrected chi connectivity index (χ2v) is 5.50. The zero-order valence-corrected chi connectivity index (χ0v) is 10.6. The Hall–Kier alpha value is -1.31. The average Bonchev–Trinajstić information content (AvgIpc) is 2.29. The van der Waals surface area contributed by atoms with Crippen molar-refractivity contribution in [3.05, 3.63) is 18.2 Å². The van der Waals surface area contributed by atoms with Crippen LogP contribution in [0.4, 0.5) is 5.69 Å². The Morgan fingerprint density at radius 1 is 1.47 bits per heavy atom. The summed E-state index contributed by atoms with van der Waals surface area (Å²) in [5.74, 6) is 0.309. The van der Waals surface area contributed by atoms with Crippen molar-refractivity contribution in [3.8, 4) is 5.75 Å². The van der Waals surface area contributed by atoms with Gasteiger partial charge in [0, 0.05) is 19.7 Å². The van der Waals surface area contributed by atoms with Crippen molar-refractivity contribution in [1.82, 2.24) is 4.31 Å². The molecule has 0 saturated carbocycles. The molecule has 0 amide bonds. The largest absolute Gasteiger partial charge is 0.495 e. The van der Waals surface area contributed by atoms with Crippen molar-refractivity contribution in [3.63, 3.8) is 0 Å². The molecule has 7 heteroatoms. The van der Waals surface area contributed by atoms with Crippen molar-refractivity contribution in [2.24, 2.45) is 0 Å². The van der Waals surface area contributed by atoms with E-state index >= 15 is 0 Å². The summed E-state index contributed by atoms with van der Waals surface area (Å²) in [7, 11) is -0.799. The van der Waals surface area contributed by atoms with E-state index in [-0.39, 0.29) is 18.0 Å². The highest BCUT2D eigenvalue weighted by atomic mass is 32.2. The van der Waals surface area contributed by atoms with Crippen molar-refractivity contribution in [2.75, 3.05) is 33.0 Å². The number of methoxy groups -OCH3 is 1. The Balaban J connectivity index is 3.15. The number of nitrogen functional groups attached to an aromatic ring is 1. The quantitative estimate of drug-likeness (QED) is 0.721. The normalized spacial score (nSPS) is 11.8. The first-order valence-electron chi connectivity index (χ1n) is 4.94. The smallest absolute Gasteiger partial charge is 0.243 e. The zero-order valence-electron chi connectivity index (χ0n) is 9.75. The van der Waals surface area contributed by atoms with Gasteiger partial charge in [-0.05, 0) is 12.1 Å². The maximum atomic E-state index is 12.0. The molecular formula is C10H16N2O4S. The summed E-state index contributed by atoms with van der Waals surface area (Å²) in [4.78, 5) is 0.0829. The molecule has 3 N–H and O–H groups in total. The molecule has 0 unspecified atom stereocenters. The van der Waals surface area contributed by atoms with Crippen LogP contribution in [-0.2, 0) is 10.0 Å². The molecule has 1 rings (SSSR count). The number of aliphatic hydroxyl groups is 1. The SMILES string of the molecule is COc1cc(S(=O)(=O)N(C)CCO)ccc1N. The maximum Gasteiger partial charge on any atom is 0.243 e. The molecule has 1 aromatic carbocycles. The monoisotopic (exact) mass is 260 g/mol. The summed E-state index contributed by atoms with van der Waals surface area (Å²) in [5, 5.41) is 8.74. The summed E-state index contributed by atoms with van der Waals surface area (Å²) >= 11 is 0. The Kier molecular flexibility index (Phi) is 4.33. The Bertz CT molecular complexity index is 487. The lowest BCUT2D eigenvalue weighted by atomic mass is 10.3. The fourth-order valence-corrected chi connectivity index (χ4v) is 2.47. The molecule has 0 bridgehead atoms. The Morgan fingerprint density at radius 2 is 2.12 bits per heavy atom. The van der Waals surface area contributed by atoms with Gasteiger partial charge in [-0.3, -0.25) is 0 Å². The number of hydrogen-bond acceptors (Lipinski definition) is 5. The van der Waals surface area contributed by atoms with Crippen LogP contribution >= 0.6 is 0 Å². The molecule has 6 nitrogen and oxygen atoms in total. The molecule has 0 aliphatic rings. The number of rotatable bonds is 5. The lowest BCUT2D eigenvalue weighted by molar-refractivity contribution is 0.266. The third-order valence-corrected chi connectivity index (χ3v) is 4.18. The molecule has 0 aliphatic heterocycles. The van der Waals surface area contributed by atoms with Crippen LogP contribution < -0.4 is 10.5 Å². The highest BCUT2D eigenvalue weighted by molar-refractivity contribution is 7.89. The number of anilines is 1. The van der Waals surface area contributed by atoms with Gasteiger partial charge in [0.25, 0.3) is 0 Å². The van der Waals surface area contributed by atoms with E-state index in [2.05, 4.69) is 0 Å². The minimum Gasteiger partial charge on any atom is -0.495 e. The Morgan fingerprint density at radius 3 is 2.65 bits per heavy atom. The van der Waals surface area contributed by atoms with Crippen LogP contribution in [0.25, 0.3) is 0 Å². The van der Waals surface area contributed by atoms with Crippen LogP contribution in [0.5, 0.6) is 5.75 Å². The van der Waals surface area contributed by atoms with Gasteiger partial charge in [-0.25, -0.2) is 8.42 Å². The molecule has 0 aromatic heterocycles. The molecule has 0 radical (unpaired) electrons. The molecule has 17 heavy (non-hydrogen) atoms. The minimum absolute atomic E-state index is 0.0367. The van der Waals surface area contributed by atoms with Gasteiger partial charge in [-0.1, -0.05) is 0 Å². The van der Waals surface area contributed by atoms with Gasteiger partial charge < -0.3 is 15.6 Å². The average molecular weight is 260 g/mol. The van der Waals surface area contributed by atoms with Gasteiger partial charge in [0.05, 0.1) is 24.3 Å². The molecule has 0 spiro atoms. The topological polar surface area (TPSA) is 92.9 Å². The summed E-state index contributed by atoms with van der Waals surface area (Å²) in [5.41, 5.74) is 5.98. The summed E-state index contributed by atoms with van der Waals surface area (Å²) in [6.07, 6.45) is 0. The number of hydrogen-bond donors (Lipinski definition) is 2. The first kappa shape index (κ1) is 13.8. The van der Waals surface area contributed by atoms with Crippen LogP contribution in [-0.4, -0.2) is 45.1 Å². The van der Waals surface area contributed by atoms with E-state index in [0.717, 1.165) is 4.31 Å². The summed E-state index contributed by atoms with van der Waals surface area (Å²) in [6.45, 7) is -0.198. The molecular weight excluding hydrogens is 244 g/mol. The van der Waals surface area contributed by atoms with E-state index in [1.807, 2.05) is 0 Å². The molecule has 96 valence electrons. The minimum atomic E-state index is -3.61. The van der Waals surface area contributed by atoms with E-state index in [9.17, 15) is 8.42 Å². The van der Waals surface area contributed by atoms with E-state index in [1.54, 1.807) is 0 Å². The van der Waals surface area contributed by atoms with Crippen LogP contribution in [0.15, 0.2) is 23.1 Å². The number of sulfonamides is 1. The van der Waals surface area contributed by atoms with Crippen LogP contribution in [0.1, 0.15) is 0 Å². The number of nitrogens with zero attached hydrogens (tertiary/aromatic N) is 1. The first-order valence-corrected chi connectivity index (χ1v) is 6.38. The van der Waals surface area contributed by atoms with Gasteiger partial charge in [0.15, 0.2) is 0 Å². The standard InChI is InChI=1S/C10H16N2O4S/c1-12(5-6-13)17(14,15)8-3-4-9(11)10(7-8)16-2/h3-4,7,13H,5-6,11H2,1-2H3. The van der Waals surface area contributed by atoms with Gasteiger partial charge in [0.1, 0.15) is 5.75 Å². The van der Waals surface area contributed by atoms with Crippen molar-refractivity contribution in [1.29, 1.82) is 0 Å². The predicted octanol–water partition coefficient (Wildman–Crippen LogP) is -0.110.